The van der Waals surface area contributed by atoms with E-state index in [4.69, 9.17) is 4.52 Å². The highest BCUT2D eigenvalue weighted by Gasteiger charge is 2.34. The Morgan fingerprint density at radius 2 is 2.30 bits per heavy atom. The topological polar surface area (TPSA) is 46.3 Å². The number of aromatic nitrogens is 1. The quantitative estimate of drug-likeness (QED) is 0.867. The molecule has 1 saturated heterocycles. The molecule has 2 fully saturated rings. The summed E-state index contributed by atoms with van der Waals surface area (Å²) < 4.78 is 5.30. The van der Waals surface area contributed by atoms with Crippen molar-refractivity contribution in [3.63, 3.8) is 0 Å². The second-order valence-electron chi connectivity index (χ2n) is 5.56. The largest absolute Gasteiger partial charge is 0.360 e. The number of carbonyl (C=O) groups is 1. The zero-order valence-electron chi connectivity index (χ0n) is 11.1. The van der Waals surface area contributed by atoms with Gasteiger partial charge in [0.25, 0.3) is 5.91 Å². The molecule has 1 atom stereocenters. The summed E-state index contributed by atoms with van der Waals surface area (Å²) in [6.45, 7) is 0.813. The number of nitrogens with zero attached hydrogens (tertiary/aromatic N) is 2. The van der Waals surface area contributed by atoms with E-state index in [9.17, 15) is 4.79 Å². The molecule has 2 aliphatic rings. The van der Waals surface area contributed by atoms with Gasteiger partial charge in [-0.05, 0) is 37.1 Å². The molecule has 1 amide bonds. The Kier molecular flexibility index (Phi) is 2.88. The average molecular weight is 288 g/mol. The predicted octanol–water partition coefficient (Wildman–Crippen LogP) is 3.59. The van der Waals surface area contributed by atoms with Crippen LogP contribution in [0.3, 0.4) is 0 Å². The molecular formula is C15H16N2O2S. The lowest BCUT2D eigenvalue weighted by molar-refractivity contribution is 0.0727. The van der Waals surface area contributed by atoms with E-state index in [-0.39, 0.29) is 11.9 Å². The molecule has 104 valence electrons. The van der Waals surface area contributed by atoms with Crippen molar-refractivity contribution in [3.05, 3.63) is 39.9 Å². The molecule has 0 bridgehead atoms. The first-order valence-electron chi connectivity index (χ1n) is 7.14. The van der Waals surface area contributed by atoms with Crippen molar-refractivity contribution in [2.75, 3.05) is 6.54 Å². The van der Waals surface area contributed by atoms with Crippen LogP contribution in [0.25, 0.3) is 0 Å². The van der Waals surface area contributed by atoms with Gasteiger partial charge in [0.05, 0.1) is 6.04 Å². The van der Waals surface area contributed by atoms with Crippen molar-refractivity contribution >= 4 is 17.2 Å². The molecule has 3 heterocycles. The predicted molar refractivity (Wildman–Crippen MR) is 75.8 cm³/mol. The van der Waals surface area contributed by atoms with Crippen molar-refractivity contribution in [2.45, 2.75) is 37.6 Å². The van der Waals surface area contributed by atoms with Crippen molar-refractivity contribution in [3.8, 4) is 0 Å². The summed E-state index contributed by atoms with van der Waals surface area (Å²) >= 11 is 1.72. The lowest BCUT2D eigenvalue weighted by Gasteiger charge is -2.22. The minimum absolute atomic E-state index is 0.0107. The van der Waals surface area contributed by atoms with Crippen LogP contribution in [0.4, 0.5) is 0 Å². The van der Waals surface area contributed by atoms with E-state index in [1.807, 2.05) is 17.0 Å². The highest BCUT2D eigenvalue weighted by Crippen LogP contribution is 2.41. The second-order valence-corrected chi connectivity index (χ2v) is 6.54. The lowest BCUT2D eigenvalue weighted by Crippen LogP contribution is -2.30. The van der Waals surface area contributed by atoms with Crippen LogP contribution in [0.1, 0.15) is 58.8 Å². The molecule has 0 radical (unpaired) electrons. The molecule has 0 aromatic carbocycles. The minimum Gasteiger partial charge on any atom is -0.360 e. The molecule has 0 unspecified atom stereocenters. The Morgan fingerprint density at radius 1 is 1.40 bits per heavy atom. The fourth-order valence-electron chi connectivity index (χ4n) is 2.88. The average Bonchev–Trinajstić information content (AvgIpc) is 2.96. The summed E-state index contributed by atoms with van der Waals surface area (Å²) in [6, 6.07) is 6.20. The van der Waals surface area contributed by atoms with Crippen LogP contribution in [-0.4, -0.2) is 22.5 Å². The molecule has 20 heavy (non-hydrogen) atoms. The first-order chi connectivity index (χ1) is 9.83. The lowest BCUT2D eigenvalue weighted by atomic mass is 10.2. The summed E-state index contributed by atoms with van der Waals surface area (Å²) in [5, 5.41) is 6.04. The molecule has 2 aromatic heterocycles. The van der Waals surface area contributed by atoms with Gasteiger partial charge in [-0.25, -0.2) is 0 Å². The van der Waals surface area contributed by atoms with Gasteiger partial charge in [-0.2, -0.15) is 0 Å². The van der Waals surface area contributed by atoms with Crippen molar-refractivity contribution in [2.24, 2.45) is 0 Å². The standard InChI is InChI=1S/C15H16N2O2S/c18-15(11-9-13(19-16-11)10-5-6-10)17-7-1-3-12(17)14-4-2-8-20-14/h2,4,8-10,12H,1,3,5-7H2/t12-/m1/s1. The maximum absolute atomic E-state index is 12.6. The first-order valence-corrected chi connectivity index (χ1v) is 8.02. The third-order valence-electron chi connectivity index (χ3n) is 4.11. The van der Waals surface area contributed by atoms with E-state index in [1.165, 1.54) is 4.88 Å². The molecule has 1 aliphatic heterocycles. The van der Waals surface area contributed by atoms with Crippen molar-refractivity contribution in [1.82, 2.24) is 10.1 Å². The molecule has 4 rings (SSSR count). The van der Waals surface area contributed by atoms with Crippen LogP contribution < -0.4 is 0 Å². The van der Waals surface area contributed by atoms with Crippen LogP contribution in [0.15, 0.2) is 28.1 Å². The molecule has 0 spiro atoms. The van der Waals surface area contributed by atoms with Crippen LogP contribution in [0.2, 0.25) is 0 Å². The Bertz CT molecular complexity index is 616. The molecule has 1 aliphatic carbocycles. The number of carbonyl (C=O) groups excluding carboxylic acids is 1. The molecule has 5 heteroatoms. The van der Waals surface area contributed by atoms with Crippen molar-refractivity contribution in [1.29, 1.82) is 0 Å². The van der Waals surface area contributed by atoms with Gasteiger partial charge in [0.15, 0.2) is 5.69 Å². The molecular weight excluding hydrogens is 272 g/mol. The van der Waals surface area contributed by atoms with Gasteiger partial charge in [0.1, 0.15) is 5.76 Å². The van der Waals surface area contributed by atoms with Gasteiger partial charge >= 0.3 is 0 Å². The van der Waals surface area contributed by atoms with E-state index >= 15 is 0 Å². The molecule has 2 aromatic rings. The number of thiophene rings is 1. The first kappa shape index (κ1) is 12.1. The van der Waals surface area contributed by atoms with Gasteiger partial charge in [0.2, 0.25) is 0 Å². The highest BCUT2D eigenvalue weighted by molar-refractivity contribution is 7.10. The normalized spacial score (nSPS) is 22.4. The monoisotopic (exact) mass is 288 g/mol. The number of hydrogen-bond donors (Lipinski definition) is 0. The number of amides is 1. The maximum Gasteiger partial charge on any atom is 0.276 e. The van der Waals surface area contributed by atoms with E-state index in [1.54, 1.807) is 11.3 Å². The van der Waals surface area contributed by atoms with E-state index in [0.717, 1.165) is 38.0 Å². The van der Waals surface area contributed by atoms with Crippen LogP contribution >= 0.6 is 11.3 Å². The Morgan fingerprint density at radius 3 is 3.05 bits per heavy atom. The molecule has 0 N–H and O–H groups in total. The fourth-order valence-corrected chi connectivity index (χ4v) is 3.76. The van der Waals surface area contributed by atoms with E-state index in [2.05, 4.69) is 16.6 Å². The molecule has 4 nitrogen and oxygen atoms in total. The SMILES string of the molecule is O=C(c1cc(C2CC2)on1)N1CCC[C@@H]1c1cccs1. The van der Waals surface area contributed by atoms with Gasteiger partial charge < -0.3 is 9.42 Å². The van der Waals surface area contributed by atoms with E-state index < -0.39 is 0 Å². The Labute approximate surface area is 121 Å². The number of hydrogen-bond acceptors (Lipinski definition) is 4. The smallest absolute Gasteiger partial charge is 0.276 e. The summed E-state index contributed by atoms with van der Waals surface area (Å²) in [4.78, 5) is 15.8. The third-order valence-corrected chi connectivity index (χ3v) is 5.09. The minimum atomic E-state index is 0.0107. The summed E-state index contributed by atoms with van der Waals surface area (Å²) in [5.74, 6) is 1.38. The fraction of sp³-hybridized carbons (Fsp3) is 0.467. The second kappa shape index (κ2) is 4.74. The van der Waals surface area contributed by atoms with E-state index in [0.29, 0.717) is 11.6 Å². The van der Waals surface area contributed by atoms with Gasteiger partial charge in [0, 0.05) is 23.4 Å². The van der Waals surface area contributed by atoms with Gasteiger partial charge in [-0.1, -0.05) is 11.2 Å². The highest BCUT2D eigenvalue weighted by atomic mass is 32.1. The summed E-state index contributed by atoms with van der Waals surface area (Å²) in [6.07, 6.45) is 4.41. The zero-order chi connectivity index (χ0) is 13.5. The summed E-state index contributed by atoms with van der Waals surface area (Å²) in [5.41, 5.74) is 0.468. The van der Waals surface area contributed by atoms with Crippen LogP contribution in [0.5, 0.6) is 0 Å². The summed E-state index contributed by atoms with van der Waals surface area (Å²) in [7, 11) is 0. The molecule has 1 saturated carbocycles. The maximum atomic E-state index is 12.6. The number of likely N-dealkylation sites (tertiary alicyclic amines) is 1. The Balaban J connectivity index is 1.57. The van der Waals surface area contributed by atoms with Crippen molar-refractivity contribution < 1.29 is 9.32 Å². The zero-order valence-corrected chi connectivity index (χ0v) is 11.9. The third kappa shape index (κ3) is 2.06. The van der Waals surface area contributed by atoms with Crippen LogP contribution in [-0.2, 0) is 0 Å². The van der Waals surface area contributed by atoms with Gasteiger partial charge in [-0.15, -0.1) is 11.3 Å². The van der Waals surface area contributed by atoms with Crippen LogP contribution in [0, 0.1) is 0 Å². The Hall–Kier alpha value is -1.62. The number of rotatable bonds is 3. The van der Waals surface area contributed by atoms with Gasteiger partial charge in [-0.3, -0.25) is 4.79 Å².